The van der Waals surface area contributed by atoms with Crippen LogP contribution < -0.4 is 4.74 Å². The first kappa shape index (κ1) is 37.4. The van der Waals surface area contributed by atoms with Crippen molar-refractivity contribution in [3.63, 3.8) is 0 Å². The van der Waals surface area contributed by atoms with Crippen LogP contribution in [0.2, 0.25) is 54.4 Å². The van der Waals surface area contributed by atoms with E-state index in [1.807, 2.05) is 6.07 Å². The van der Waals surface area contributed by atoms with Crippen LogP contribution in [0.5, 0.6) is 5.75 Å². The monoisotopic (exact) mass is 660 g/mol. The van der Waals surface area contributed by atoms with E-state index < -0.39 is 25.0 Å². The summed E-state index contributed by atoms with van der Waals surface area (Å²) in [4.78, 5) is 13.9. The molecule has 0 heterocycles. The van der Waals surface area contributed by atoms with E-state index in [0.717, 1.165) is 24.2 Å². The summed E-state index contributed by atoms with van der Waals surface area (Å²) in [6, 6.07) is 6.30. The molecule has 3 atom stereocenters. The maximum atomic E-state index is 13.9. The molecule has 2 aliphatic rings. The van der Waals surface area contributed by atoms with Crippen molar-refractivity contribution in [2.45, 2.75) is 155 Å². The highest BCUT2D eigenvalue weighted by atomic mass is 28.4. The Morgan fingerprint density at radius 2 is 1.39 bits per heavy atom. The average molecular weight is 661 g/mol. The third kappa shape index (κ3) is 7.91. The Labute approximate surface area is 273 Å². The Morgan fingerprint density at radius 1 is 0.818 bits per heavy atom. The van der Waals surface area contributed by atoms with Gasteiger partial charge in [-0.3, -0.25) is 4.79 Å². The number of rotatable bonds is 11. The number of ether oxygens (including phenoxy) is 1. The Hall–Kier alpha value is -1.04. The topological polar surface area (TPSA) is 54.0 Å². The maximum absolute atomic E-state index is 13.9. The molecule has 1 aromatic carbocycles. The molecule has 5 nitrogen and oxygen atoms in total. The molecule has 0 fully saturated rings. The van der Waals surface area contributed by atoms with E-state index >= 15 is 0 Å². The number of allylic oxidation sites excluding steroid dienone is 1. The van der Waals surface area contributed by atoms with Crippen molar-refractivity contribution in [3.8, 4) is 5.75 Å². The van der Waals surface area contributed by atoms with Gasteiger partial charge in [-0.25, -0.2) is 0 Å². The van der Waals surface area contributed by atoms with Crippen molar-refractivity contribution in [1.29, 1.82) is 0 Å². The van der Waals surface area contributed by atoms with Crippen molar-refractivity contribution >= 4 is 30.7 Å². The number of benzene rings is 1. The van der Waals surface area contributed by atoms with E-state index in [-0.39, 0.29) is 39.0 Å². The Morgan fingerprint density at radius 3 is 1.91 bits per heavy atom. The molecule has 250 valence electrons. The zero-order chi connectivity index (χ0) is 33.7. The summed E-state index contributed by atoms with van der Waals surface area (Å²) in [5.74, 6) is 1.33. The van der Waals surface area contributed by atoms with Crippen molar-refractivity contribution in [2.75, 3.05) is 13.7 Å². The Bertz CT molecular complexity index is 1230. The normalized spacial score (nSPS) is 21.0. The van der Waals surface area contributed by atoms with Gasteiger partial charge in [-0.05, 0) is 102 Å². The second kappa shape index (κ2) is 12.9. The van der Waals surface area contributed by atoms with E-state index in [0.29, 0.717) is 19.4 Å². The molecule has 2 unspecified atom stereocenters. The zero-order valence-electron chi connectivity index (χ0n) is 31.0. The van der Waals surface area contributed by atoms with Crippen LogP contribution in [-0.4, -0.2) is 50.6 Å². The first-order chi connectivity index (χ1) is 19.8. The molecule has 0 saturated heterocycles. The third-order valence-electron chi connectivity index (χ3n) is 11.6. The molecular weight excluding hydrogens is 597 g/mol. The Kier molecular flexibility index (Phi) is 10.9. The number of carbonyl (C=O) groups excluding carboxylic acids is 1. The molecule has 0 aliphatic heterocycles. The quantitative estimate of drug-likeness (QED) is 0.221. The van der Waals surface area contributed by atoms with Gasteiger partial charge in [0.05, 0.1) is 25.9 Å². The third-order valence-corrected chi connectivity index (χ3v) is 25.1. The van der Waals surface area contributed by atoms with E-state index in [4.69, 9.17) is 18.0 Å². The number of hydrogen-bond donors (Lipinski definition) is 0. The lowest BCUT2D eigenvalue weighted by atomic mass is 9.78. The zero-order valence-corrected chi connectivity index (χ0v) is 34.0. The summed E-state index contributed by atoms with van der Waals surface area (Å²) in [5, 5.41) is 0.261. The summed E-state index contributed by atoms with van der Waals surface area (Å²) < 4.78 is 26.9. The van der Waals surface area contributed by atoms with Crippen molar-refractivity contribution < 1.29 is 22.8 Å². The predicted molar refractivity (Wildman–Crippen MR) is 192 cm³/mol. The number of ketones is 1. The molecule has 0 bridgehead atoms. The van der Waals surface area contributed by atoms with Crippen molar-refractivity contribution in [1.82, 2.24) is 0 Å². The van der Waals surface area contributed by atoms with Crippen LogP contribution in [0, 0.1) is 5.92 Å². The molecule has 0 spiro atoms. The fourth-order valence-corrected chi connectivity index (χ4v) is 9.15. The molecule has 0 saturated carbocycles. The molecule has 0 N–H and O–H groups in total. The summed E-state index contributed by atoms with van der Waals surface area (Å²) in [6.45, 7) is 35.0. The first-order valence-corrected chi connectivity index (χ1v) is 25.5. The van der Waals surface area contributed by atoms with Gasteiger partial charge in [0.1, 0.15) is 5.75 Å². The van der Waals surface area contributed by atoms with Gasteiger partial charge >= 0.3 is 0 Å². The van der Waals surface area contributed by atoms with Crippen LogP contribution in [0.4, 0.5) is 0 Å². The lowest BCUT2D eigenvalue weighted by molar-refractivity contribution is -0.115. The molecule has 44 heavy (non-hydrogen) atoms. The molecule has 0 aromatic heterocycles. The summed E-state index contributed by atoms with van der Waals surface area (Å²) in [6.07, 6.45) is 2.57. The van der Waals surface area contributed by atoms with E-state index in [1.54, 1.807) is 7.11 Å². The maximum Gasteiger partial charge on any atom is 0.193 e. The lowest BCUT2D eigenvalue weighted by Crippen LogP contribution is -2.47. The fourth-order valence-electron chi connectivity index (χ4n) is 5.55. The summed E-state index contributed by atoms with van der Waals surface area (Å²) >= 11 is 0. The molecule has 0 radical (unpaired) electrons. The lowest BCUT2D eigenvalue weighted by Gasteiger charge is -2.43. The van der Waals surface area contributed by atoms with E-state index in [1.165, 1.54) is 16.7 Å². The van der Waals surface area contributed by atoms with Crippen molar-refractivity contribution in [3.05, 3.63) is 40.5 Å². The first-order valence-electron chi connectivity index (χ1n) is 16.7. The highest BCUT2D eigenvalue weighted by Gasteiger charge is 2.48. The number of Topliss-reactive ketones (excluding diaryl/α,β-unsaturated/α-hetero) is 1. The summed E-state index contributed by atoms with van der Waals surface area (Å²) in [7, 11) is -4.46. The van der Waals surface area contributed by atoms with Crippen LogP contribution >= 0.6 is 0 Å². The molecule has 3 rings (SSSR count). The highest BCUT2D eigenvalue weighted by Crippen LogP contribution is 2.53. The number of carbonyl (C=O) groups is 1. The van der Waals surface area contributed by atoms with Gasteiger partial charge in [-0.2, -0.15) is 0 Å². The number of fused-ring (bicyclic) bond motifs is 2. The number of hydrogen-bond acceptors (Lipinski definition) is 5. The van der Waals surface area contributed by atoms with E-state index in [2.05, 4.69) is 114 Å². The molecule has 0 amide bonds. The average Bonchev–Trinajstić information content (AvgIpc) is 3.17. The van der Waals surface area contributed by atoms with E-state index in [9.17, 15) is 4.79 Å². The SMILES string of the molecule is COc1cccc2c1CC1CC(=O)C(CC[C@H](CO[Si](C)(C)C(C)(C)C)O[Si](C)(C)C(C)(C)C)=C1C2O[Si](C)(C)C(C)(C)C. The number of methoxy groups -OCH3 is 1. The van der Waals surface area contributed by atoms with Crippen LogP contribution in [-0.2, 0) is 24.5 Å². The molecule has 1 aromatic rings. The second-order valence-electron chi connectivity index (χ2n) is 17.9. The minimum atomic E-state index is -2.17. The standard InChI is InChI=1S/C36H64O5Si3/c1-34(2,3)42(11,12)39-24-26(40-43(13,14)35(4,5)6)20-21-28-30(37)23-25-22-29-27(18-17-19-31(29)38-10)33(32(25)28)41-44(15,16)36(7,8)9/h17-19,25-26,33H,20-24H2,1-16H3/t25?,26-,33?/m1/s1. The van der Waals surface area contributed by atoms with Crippen LogP contribution in [0.15, 0.2) is 29.3 Å². The smallest absolute Gasteiger partial charge is 0.193 e. The van der Waals surface area contributed by atoms with Gasteiger partial charge in [0.15, 0.2) is 30.7 Å². The van der Waals surface area contributed by atoms with Gasteiger partial charge in [0, 0.05) is 12.0 Å². The Balaban J connectivity index is 2.04. The van der Waals surface area contributed by atoms with Gasteiger partial charge in [0.2, 0.25) is 0 Å². The van der Waals surface area contributed by atoms with Crippen LogP contribution in [0.1, 0.15) is 98.8 Å². The van der Waals surface area contributed by atoms with Gasteiger partial charge < -0.3 is 18.0 Å². The summed E-state index contributed by atoms with van der Waals surface area (Å²) in [5.41, 5.74) is 4.56. The molecular formula is C36H64O5Si3. The largest absolute Gasteiger partial charge is 0.496 e. The highest BCUT2D eigenvalue weighted by molar-refractivity contribution is 6.75. The fraction of sp³-hybridized carbons (Fsp3) is 0.750. The predicted octanol–water partition coefficient (Wildman–Crippen LogP) is 10.4. The minimum Gasteiger partial charge on any atom is -0.496 e. The molecule has 2 aliphatic carbocycles. The minimum absolute atomic E-state index is 0.0471. The molecule has 8 heteroatoms. The van der Waals surface area contributed by atoms with Crippen LogP contribution in [0.3, 0.4) is 0 Å². The van der Waals surface area contributed by atoms with Gasteiger partial charge in [0.25, 0.3) is 0 Å². The van der Waals surface area contributed by atoms with Gasteiger partial charge in [-0.15, -0.1) is 0 Å². The van der Waals surface area contributed by atoms with Crippen molar-refractivity contribution in [2.24, 2.45) is 5.92 Å². The van der Waals surface area contributed by atoms with Gasteiger partial charge in [-0.1, -0.05) is 74.4 Å². The second-order valence-corrected chi connectivity index (χ2v) is 32.2. The van der Waals surface area contributed by atoms with Crippen LogP contribution in [0.25, 0.3) is 0 Å².